The van der Waals surface area contributed by atoms with Gasteiger partial charge in [0.1, 0.15) is 5.78 Å². The van der Waals surface area contributed by atoms with Crippen LogP contribution in [-0.2, 0) is 4.79 Å². The fraction of sp³-hybridized carbons (Fsp3) is 0.700. The van der Waals surface area contributed by atoms with Crippen LogP contribution >= 0.6 is 0 Å². The summed E-state index contributed by atoms with van der Waals surface area (Å²) in [6.07, 6.45) is 4.72. The minimum atomic E-state index is -0.405. The van der Waals surface area contributed by atoms with Gasteiger partial charge in [0.25, 0.3) is 0 Å². The summed E-state index contributed by atoms with van der Waals surface area (Å²) in [5.41, 5.74) is -0.0451. The second-order valence-electron chi connectivity index (χ2n) is 3.99. The molecule has 2 fully saturated rings. The third-order valence-corrected chi connectivity index (χ3v) is 3.50. The van der Waals surface area contributed by atoms with Crippen LogP contribution in [0.2, 0.25) is 0 Å². The van der Waals surface area contributed by atoms with Crippen molar-refractivity contribution in [2.75, 3.05) is 0 Å². The zero-order valence-corrected chi connectivity index (χ0v) is 7.12. The Morgan fingerprint density at radius 3 is 2.92 bits per heavy atom. The van der Waals surface area contributed by atoms with Crippen molar-refractivity contribution >= 4 is 5.78 Å². The topological polar surface area (TPSA) is 37.3 Å². The molecule has 2 nitrogen and oxygen atoms in total. The molecule has 2 saturated carbocycles. The highest BCUT2D eigenvalue weighted by Gasteiger charge is 2.53. The summed E-state index contributed by atoms with van der Waals surface area (Å²) in [6.45, 7) is 3.78. The first-order chi connectivity index (χ1) is 5.69. The van der Waals surface area contributed by atoms with Gasteiger partial charge in [0.15, 0.2) is 0 Å². The Labute approximate surface area is 72.3 Å². The van der Waals surface area contributed by atoms with E-state index in [0.717, 1.165) is 19.3 Å². The Bertz CT molecular complexity index is 234. The number of aliphatic hydroxyl groups is 1. The van der Waals surface area contributed by atoms with E-state index in [0.29, 0.717) is 6.42 Å². The van der Waals surface area contributed by atoms with E-state index < -0.39 is 6.10 Å². The number of rotatable bonds is 1. The average molecular weight is 166 g/mol. The van der Waals surface area contributed by atoms with E-state index in [4.69, 9.17) is 0 Å². The Kier molecular flexibility index (Phi) is 1.62. The quantitative estimate of drug-likeness (QED) is 0.596. The summed E-state index contributed by atoms with van der Waals surface area (Å²) < 4.78 is 0. The molecule has 0 aromatic carbocycles. The molecule has 0 aromatic heterocycles. The summed E-state index contributed by atoms with van der Waals surface area (Å²) >= 11 is 0. The highest BCUT2D eigenvalue weighted by atomic mass is 16.3. The van der Waals surface area contributed by atoms with Gasteiger partial charge in [-0.25, -0.2) is 0 Å². The van der Waals surface area contributed by atoms with Crippen LogP contribution in [-0.4, -0.2) is 17.0 Å². The molecule has 0 heterocycles. The summed E-state index contributed by atoms with van der Waals surface area (Å²) in [6, 6.07) is 0. The smallest absolute Gasteiger partial charge is 0.139 e. The highest BCUT2D eigenvalue weighted by Crippen LogP contribution is 2.53. The van der Waals surface area contributed by atoms with Gasteiger partial charge < -0.3 is 5.11 Å². The summed E-state index contributed by atoms with van der Waals surface area (Å²) in [5, 5.41) is 9.60. The molecule has 0 aromatic rings. The zero-order valence-electron chi connectivity index (χ0n) is 7.12. The van der Waals surface area contributed by atoms with Gasteiger partial charge in [0.05, 0.1) is 12.0 Å². The molecule has 2 rings (SSSR count). The van der Waals surface area contributed by atoms with Crippen molar-refractivity contribution < 1.29 is 9.90 Å². The Morgan fingerprint density at radius 2 is 2.33 bits per heavy atom. The number of hydrogen-bond donors (Lipinski definition) is 1. The predicted octanol–water partition coefficient (Wildman–Crippen LogP) is 1.29. The number of carbonyl (C=O) groups excluding carboxylic acids is 1. The van der Waals surface area contributed by atoms with Gasteiger partial charge in [-0.2, -0.15) is 0 Å². The van der Waals surface area contributed by atoms with Crippen LogP contribution in [0.1, 0.15) is 25.7 Å². The van der Waals surface area contributed by atoms with Crippen molar-refractivity contribution in [3.63, 3.8) is 0 Å². The Morgan fingerprint density at radius 1 is 1.58 bits per heavy atom. The molecule has 3 atom stereocenters. The molecule has 0 radical (unpaired) electrons. The van der Waals surface area contributed by atoms with Crippen LogP contribution in [0.5, 0.6) is 0 Å². The molecule has 0 spiro atoms. The van der Waals surface area contributed by atoms with Gasteiger partial charge in [-0.3, -0.25) is 4.79 Å². The van der Waals surface area contributed by atoms with Gasteiger partial charge in [-0.15, -0.1) is 6.58 Å². The number of ketones is 1. The largest absolute Gasteiger partial charge is 0.392 e. The van der Waals surface area contributed by atoms with E-state index in [1.54, 1.807) is 0 Å². The second-order valence-corrected chi connectivity index (χ2v) is 3.99. The number of allylic oxidation sites excluding steroid dienone is 1. The third kappa shape index (κ3) is 0.816. The molecular formula is C10H14O2. The van der Waals surface area contributed by atoms with Crippen LogP contribution in [0.3, 0.4) is 0 Å². The lowest BCUT2D eigenvalue weighted by atomic mass is 9.80. The molecule has 0 unspecified atom stereocenters. The molecule has 12 heavy (non-hydrogen) atoms. The standard InChI is InChI=1S/C10H14O2/c1-2-10-5-3-7(11)9(10)8(12)4-6-10/h2,7,9,11H,1,3-6H2/t7-,9+,10-/m1/s1. The van der Waals surface area contributed by atoms with E-state index in [1.165, 1.54) is 0 Å². The SMILES string of the molecule is C=C[C@@]12CCC(=O)[C@@H]1[C@H](O)CC2. The van der Waals surface area contributed by atoms with E-state index in [-0.39, 0.29) is 17.1 Å². The van der Waals surface area contributed by atoms with Gasteiger partial charge in [0.2, 0.25) is 0 Å². The number of hydrogen-bond acceptors (Lipinski definition) is 2. The first kappa shape index (κ1) is 7.99. The van der Waals surface area contributed by atoms with Gasteiger partial charge in [-0.05, 0) is 19.3 Å². The average Bonchev–Trinajstić information content (AvgIpc) is 2.55. The van der Waals surface area contributed by atoms with Crippen LogP contribution in [0, 0.1) is 11.3 Å². The molecule has 0 saturated heterocycles. The maximum atomic E-state index is 11.4. The van der Waals surface area contributed by atoms with Gasteiger partial charge in [0, 0.05) is 11.8 Å². The van der Waals surface area contributed by atoms with Crippen molar-refractivity contribution in [2.24, 2.45) is 11.3 Å². The Balaban J connectivity index is 2.35. The van der Waals surface area contributed by atoms with Crippen LogP contribution in [0.4, 0.5) is 0 Å². The normalized spacial score (nSPS) is 46.2. The minimum Gasteiger partial charge on any atom is -0.392 e. The number of fused-ring (bicyclic) bond motifs is 1. The van der Waals surface area contributed by atoms with E-state index in [2.05, 4.69) is 6.58 Å². The summed E-state index contributed by atoms with van der Waals surface area (Å²) in [4.78, 5) is 11.4. The lowest BCUT2D eigenvalue weighted by Crippen LogP contribution is -2.27. The second kappa shape index (κ2) is 2.43. The molecule has 0 amide bonds. The fourth-order valence-electron chi connectivity index (χ4n) is 2.78. The monoisotopic (exact) mass is 166 g/mol. The molecular weight excluding hydrogens is 152 g/mol. The molecule has 0 bridgehead atoms. The van der Waals surface area contributed by atoms with Crippen molar-refractivity contribution in [3.8, 4) is 0 Å². The van der Waals surface area contributed by atoms with Crippen molar-refractivity contribution in [1.82, 2.24) is 0 Å². The van der Waals surface area contributed by atoms with Gasteiger partial charge in [-0.1, -0.05) is 6.08 Å². The Hall–Kier alpha value is -0.630. The minimum absolute atomic E-state index is 0.0451. The van der Waals surface area contributed by atoms with Crippen molar-refractivity contribution in [2.45, 2.75) is 31.8 Å². The predicted molar refractivity (Wildman–Crippen MR) is 45.6 cm³/mol. The zero-order chi connectivity index (χ0) is 8.77. The van der Waals surface area contributed by atoms with E-state index >= 15 is 0 Å². The summed E-state index contributed by atoms with van der Waals surface area (Å²) in [7, 11) is 0. The van der Waals surface area contributed by atoms with Crippen LogP contribution < -0.4 is 0 Å². The maximum absolute atomic E-state index is 11.4. The van der Waals surface area contributed by atoms with E-state index in [9.17, 15) is 9.90 Å². The fourth-order valence-corrected chi connectivity index (χ4v) is 2.78. The molecule has 66 valence electrons. The molecule has 0 aliphatic heterocycles. The highest BCUT2D eigenvalue weighted by molar-refractivity contribution is 5.85. The van der Waals surface area contributed by atoms with Crippen molar-refractivity contribution in [1.29, 1.82) is 0 Å². The molecule has 2 heteroatoms. The lowest BCUT2D eigenvalue weighted by Gasteiger charge is -2.24. The number of carbonyl (C=O) groups is 1. The number of aliphatic hydroxyl groups excluding tert-OH is 1. The molecule has 2 aliphatic rings. The van der Waals surface area contributed by atoms with Gasteiger partial charge >= 0.3 is 0 Å². The number of Topliss-reactive ketones (excluding diaryl/α,β-unsaturated/α-hetero) is 1. The van der Waals surface area contributed by atoms with Crippen molar-refractivity contribution in [3.05, 3.63) is 12.7 Å². The summed E-state index contributed by atoms with van der Waals surface area (Å²) in [5.74, 6) is 0.106. The maximum Gasteiger partial charge on any atom is 0.139 e. The molecule has 1 N–H and O–H groups in total. The van der Waals surface area contributed by atoms with Crippen LogP contribution in [0.25, 0.3) is 0 Å². The third-order valence-electron chi connectivity index (χ3n) is 3.50. The van der Waals surface area contributed by atoms with Crippen LogP contribution in [0.15, 0.2) is 12.7 Å². The first-order valence-electron chi connectivity index (χ1n) is 4.54. The first-order valence-corrected chi connectivity index (χ1v) is 4.54. The molecule has 2 aliphatic carbocycles. The lowest BCUT2D eigenvalue weighted by molar-refractivity contribution is -0.124. The van der Waals surface area contributed by atoms with E-state index in [1.807, 2.05) is 6.08 Å².